The second-order valence-corrected chi connectivity index (χ2v) is 7.84. The van der Waals surface area contributed by atoms with Gasteiger partial charge in [0.1, 0.15) is 5.82 Å². The molecule has 4 rings (SSSR count). The Morgan fingerprint density at radius 3 is 2.68 bits per heavy atom. The van der Waals surface area contributed by atoms with Gasteiger partial charge in [-0.3, -0.25) is 4.79 Å². The summed E-state index contributed by atoms with van der Waals surface area (Å²) < 4.78 is 1.93. The number of anilines is 1. The average molecular weight is 394 g/mol. The first-order chi connectivity index (χ1) is 13.7. The summed E-state index contributed by atoms with van der Waals surface area (Å²) in [4.78, 5) is 18.2. The van der Waals surface area contributed by atoms with Gasteiger partial charge in [0.05, 0.1) is 22.2 Å². The van der Waals surface area contributed by atoms with Crippen LogP contribution in [0.5, 0.6) is 0 Å². The Bertz CT molecular complexity index is 1200. The van der Waals surface area contributed by atoms with Crippen LogP contribution in [0.15, 0.2) is 47.3 Å². The van der Waals surface area contributed by atoms with E-state index in [0.29, 0.717) is 6.54 Å². The van der Waals surface area contributed by atoms with E-state index in [0.717, 1.165) is 62.0 Å². The molecule has 2 aromatic heterocycles. The summed E-state index contributed by atoms with van der Waals surface area (Å²) in [5, 5.41) is 17.9. The molecule has 0 aliphatic carbocycles. The molecule has 5 nitrogen and oxygen atoms in total. The van der Waals surface area contributed by atoms with Gasteiger partial charge in [0, 0.05) is 28.6 Å². The van der Waals surface area contributed by atoms with E-state index < -0.39 is 0 Å². The Labute approximate surface area is 167 Å². The first-order valence-corrected chi connectivity index (χ1v) is 10.3. The summed E-state index contributed by atoms with van der Waals surface area (Å²) >= 11 is 1.63. The molecule has 3 N–H and O–H groups in total. The Morgan fingerprint density at radius 1 is 1.00 bits per heavy atom. The molecule has 0 aliphatic heterocycles. The third-order valence-electron chi connectivity index (χ3n) is 4.85. The molecule has 0 fully saturated rings. The van der Waals surface area contributed by atoms with Crippen LogP contribution < -0.4 is 16.1 Å². The minimum Gasteiger partial charge on any atom is -0.395 e. The van der Waals surface area contributed by atoms with E-state index in [2.05, 4.69) is 10.6 Å². The standard InChI is InChI=1S/C22H23N3O2S/c1-14-6-4-8-16-19(27)18-15-7-2-3-9-17(15)25-22(21(18)28-20(14)16)24-11-5-10-23-12-13-26/h2-4,6-9,23,26H,5,10-13H2,1H3,(H,24,25). The van der Waals surface area contributed by atoms with Crippen LogP contribution in [0, 0.1) is 6.92 Å². The van der Waals surface area contributed by atoms with Gasteiger partial charge in [-0.05, 0) is 37.6 Å². The molecular formula is C22H23N3O2S. The molecule has 0 unspecified atom stereocenters. The number of rotatable bonds is 7. The summed E-state index contributed by atoms with van der Waals surface area (Å²) in [7, 11) is 0. The molecule has 2 aromatic carbocycles. The van der Waals surface area contributed by atoms with E-state index in [1.54, 1.807) is 11.3 Å². The zero-order chi connectivity index (χ0) is 19.5. The van der Waals surface area contributed by atoms with Gasteiger partial charge in [-0.2, -0.15) is 0 Å². The van der Waals surface area contributed by atoms with Crippen molar-refractivity contribution in [3.63, 3.8) is 0 Å². The van der Waals surface area contributed by atoms with Crippen molar-refractivity contribution < 1.29 is 5.11 Å². The number of aryl methyl sites for hydroxylation is 1. The molecular weight excluding hydrogens is 370 g/mol. The molecule has 0 amide bonds. The summed E-state index contributed by atoms with van der Waals surface area (Å²) in [5.74, 6) is 0.767. The summed E-state index contributed by atoms with van der Waals surface area (Å²) in [6, 6.07) is 13.7. The molecule has 144 valence electrons. The lowest BCUT2D eigenvalue weighted by molar-refractivity contribution is 0.292. The maximum Gasteiger partial charge on any atom is 0.196 e. The highest BCUT2D eigenvalue weighted by molar-refractivity contribution is 7.25. The normalized spacial score (nSPS) is 11.5. The Hall–Kier alpha value is -2.54. The molecule has 0 atom stereocenters. The van der Waals surface area contributed by atoms with E-state index in [9.17, 15) is 4.79 Å². The number of para-hydroxylation sites is 1. The molecule has 4 aromatic rings. The van der Waals surface area contributed by atoms with Gasteiger partial charge in [0.25, 0.3) is 0 Å². The van der Waals surface area contributed by atoms with Gasteiger partial charge in [-0.1, -0.05) is 30.3 Å². The van der Waals surface area contributed by atoms with Crippen LogP contribution in [-0.4, -0.2) is 36.3 Å². The molecule has 0 aliphatic rings. The largest absolute Gasteiger partial charge is 0.395 e. The van der Waals surface area contributed by atoms with Crippen molar-refractivity contribution in [2.24, 2.45) is 0 Å². The van der Waals surface area contributed by atoms with Gasteiger partial charge in [0.2, 0.25) is 0 Å². The van der Waals surface area contributed by atoms with Gasteiger partial charge in [-0.15, -0.1) is 11.3 Å². The highest BCUT2D eigenvalue weighted by Crippen LogP contribution is 2.34. The van der Waals surface area contributed by atoms with Crippen molar-refractivity contribution in [3.8, 4) is 0 Å². The molecule has 0 bridgehead atoms. The first-order valence-electron chi connectivity index (χ1n) is 9.51. The zero-order valence-corrected chi connectivity index (χ0v) is 16.6. The SMILES string of the molecule is Cc1cccc2c(=O)c3c(sc12)c(NCCCNCCO)nc1ccccc13. The number of fused-ring (bicyclic) bond motifs is 4. The van der Waals surface area contributed by atoms with Crippen LogP contribution in [0.3, 0.4) is 0 Å². The smallest absolute Gasteiger partial charge is 0.196 e. The quantitative estimate of drug-likeness (QED) is 0.254. The molecule has 0 saturated heterocycles. The Morgan fingerprint density at radius 2 is 1.82 bits per heavy atom. The van der Waals surface area contributed by atoms with Crippen LogP contribution in [0.4, 0.5) is 5.82 Å². The van der Waals surface area contributed by atoms with Gasteiger partial charge < -0.3 is 15.7 Å². The van der Waals surface area contributed by atoms with Crippen molar-refractivity contribution in [1.29, 1.82) is 0 Å². The van der Waals surface area contributed by atoms with Crippen LogP contribution >= 0.6 is 11.3 Å². The number of nitrogens with one attached hydrogen (secondary N) is 2. The summed E-state index contributed by atoms with van der Waals surface area (Å²) in [6.45, 7) is 4.34. The molecule has 0 spiro atoms. The summed E-state index contributed by atoms with van der Waals surface area (Å²) in [6.07, 6.45) is 0.900. The maximum absolute atomic E-state index is 13.4. The fourth-order valence-electron chi connectivity index (χ4n) is 3.47. The minimum absolute atomic E-state index is 0.0683. The number of hydrogen-bond acceptors (Lipinski definition) is 6. The number of aliphatic hydroxyl groups excluding tert-OH is 1. The molecule has 0 radical (unpaired) electrons. The van der Waals surface area contributed by atoms with E-state index in [4.69, 9.17) is 10.1 Å². The van der Waals surface area contributed by atoms with Crippen LogP contribution in [0.2, 0.25) is 0 Å². The average Bonchev–Trinajstić information content (AvgIpc) is 2.71. The lowest BCUT2D eigenvalue weighted by atomic mass is 10.1. The van der Waals surface area contributed by atoms with Crippen molar-refractivity contribution >= 4 is 48.2 Å². The third kappa shape index (κ3) is 3.46. The number of aromatic nitrogens is 1. The maximum atomic E-state index is 13.4. The second-order valence-electron chi connectivity index (χ2n) is 6.82. The van der Waals surface area contributed by atoms with Crippen LogP contribution in [0.1, 0.15) is 12.0 Å². The lowest BCUT2D eigenvalue weighted by Gasteiger charge is -2.12. The topological polar surface area (TPSA) is 74.2 Å². The Balaban J connectivity index is 1.84. The lowest BCUT2D eigenvalue weighted by Crippen LogP contribution is -2.21. The third-order valence-corrected chi connectivity index (χ3v) is 6.19. The fraction of sp³-hybridized carbons (Fsp3) is 0.273. The van der Waals surface area contributed by atoms with Crippen molar-refractivity contribution in [3.05, 3.63) is 58.3 Å². The molecule has 28 heavy (non-hydrogen) atoms. The second kappa shape index (κ2) is 8.22. The van der Waals surface area contributed by atoms with Gasteiger partial charge in [0.15, 0.2) is 5.43 Å². The number of aliphatic hydroxyl groups is 1. The minimum atomic E-state index is 0.0683. The number of hydrogen-bond donors (Lipinski definition) is 3. The molecule has 2 heterocycles. The molecule has 0 saturated carbocycles. The van der Waals surface area contributed by atoms with Crippen molar-refractivity contribution in [1.82, 2.24) is 10.3 Å². The van der Waals surface area contributed by atoms with E-state index in [-0.39, 0.29) is 12.0 Å². The van der Waals surface area contributed by atoms with Crippen molar-refractivity contribution in [2.45, 2.75) is 13.3 Å². The van der Waals surface area contributed by atoms with Crippen LogP contribution in [0.25, 0.3) is 31.1 Å². The van der Waals surface area contributed by atoms with E-state index in [1.807, 2.05) is 49.4 Å². The number of pyridine rings is 1. The number of nitrogens with zero attached hydrogens (tertiary/aromatic N) is 1. The zero-order valence-electron chi connectivity index (χ0n) is 15.8. The van der Waals surface area contributed by atoms with Gasteiger partial charge >= 0.3 is 0 Å². The predicted molar refractivity (Wildman–Crippen MR) is 119 cm³/mol. The molecule has 6 heteroatoms. The summed E-state index contributed by atoms with van der Waals surface area (Å²) in [5.41, 5.74) is 2.00. The van der Waals surface area contributed by atoms with E-state index >= 15 is 0 Å². The monoisotopic (exact) mass is 393 g/mol. The highest BCUT2D eigenvalue weighted by Gasteiger charge is 2.15. The number of benzene rings is 2. The predicted octanol–water partition coefficient (Wildman–Crippen LogP) is 3.66. The van der Waals surface area contributed by atoms with E-state index in [1.165, 1.54) is 0 Å². The Kier molecular flexibility index (Phi) is 5.52. The fourth-order valence-corrected chi connectivity index (χ4v) is 4.69. The highest BCUT2D eigenvalue weighted by atomic mass is 32.1. The first kappa shape index (κ1) is 18.8. The van der Waals surface area contributed by atoms with Crippen molar-refractivity contribution in [2.75, 3.05) is 31.6 Å². The van der Waals surface area contributed by atoms with Gasteiger partial charge in [-0.25, -0.2) is 4.98 Å². The van der Waals surface area contributed by atoms with Crippen LogP contribution in [-0.2, 0) is 0 Å².